The zero-order valence-electron chi connectivity index (χ0n) is 24.0. The van der Waals surface area contributed by atoms with Gasteiger partial charge >= 0.3 is 6.36 Å². The van der Waals surface area contributed by atoms with Gasteiger partial charge in [-0.3, -0.25) is 19.4 Å². The number of halogens is 3. The lowest BCUT2D eigenvalue weighted by Crippen LogP contribution is -2.40. The fourth-order valence-corrected chi connectivity index (χ4v) is 6.39. The van der Waals surface area contributed by atoms with Crippen molar-refractivity contribution in [3.8, 4) is 11.1 Å². The number of hydrogen-bond acceptors (Lipinski definition) is 7. The minimum absolute atomic E-state index is 0.00878. The van der Waals surface area contributed by atoms with Crippen molar-refractivity contribution in [1.82, 2.24) is 10.1 Å². The van der Waals surface area contributed by atoms with Gasteiger partial charge in [0.15, 0.2) is 5.82 Å². The van der Waals surface area contributed by atoms with Crippen LogP contribution in [0.4, 0.5) is 19.0 Å². The molecule has 1 aromatic heterocycles. The SMILES string of the molecule is CCCCC1=NC2(CCCC2)C(=O)N1Cc1ccc(-c2ccccc2SNc2noc(C)c2C)c(COC(F)(F)F)c1. The molecule has 1 aliphatic heterocycles. The van der Waals surface area contributed by atoms with Gasteiger partial charge in [0.25, 0.3) is 5.91 Å². The molecule has 0 atom stereocenters. The number of hydrogen-bond donors (Lipinski definition) is 1. The minimum atomic E-state index is -4.79. The summed E-state index contributed by atoms with van der Waals surface area (Å²) in [6, 6.07) is 12.8. The molecule has 42 heavy (non-hydrogen) atoms. The highest BCUT2D eigenvalue weighted by molar-refractivity contribution is 8.00. The summed E-state index contributed by atoms with van der Waals surface area (Å²) >= 11 is 1.30. The van der Waals surface area contributed by atoms with Gasteiger partial charge in [-0.15, -0.1) is 13.2 Å². The van der Waals surface area contributed by atoms with Crippen molar-refractivity contribution in [3.05, 3.63) is 64.9 Å². The number of benzene rings is 2. The third-order valence-corrected chi connectivity index (χ3v) is 8.85. The molecular weight excluding hydrogens is 565 g/mol. The van der Waals surface area contributed by atoms with E-state index in [2.05, 4.69) is 21.5 Å². The number of carbonyl (C=O) groups is 1. The lowest BCUT2D eigenvalue weighted by Gasteiger charge is -2.23. The summed E-state index contributed by atoms with van der Waals surface area (Å²) in [7, 11) is 0. The van der Waals surface area contributed by atoms with Crippen LogP contribution in [0, 0.1) is 13.8 Å². The molecule has 0 radical (unpaired) electrons. The van der Waals surface area contributed by atoms with E-state index in [0.717, 1.165) is 65.9 Å². The number of alkyl halides is 3. The van der Waals surface area contributed by atoms with Crippen LogP contribution in [-0.2, 0) is 22.7 Å². The van der Waals surface area contributed by atoms with Gasteiger partial charge in [0.05, 0.1) is 13.2 Å². The zero-order valence-corrected chi connectivity index (χ0v) is 24.8. The van der Waals surface area contributed by atoms with Crippen molar-refractivity contribution >= 4 is 29.5 Å². The number of ether oxygens (including phenoxy) is 1. The van der Waals surface area contributed by atoms with E-state index >= 15 is 0 Å². The monoisotopic (exact) mass is 600 g/mol. The Morgan fingerprint density at radius 2 is 1.88 bits per heavy atom. The number of carbonyl (C=O) groups excluding carboxylic acids is 1. The molecular formula is C31H35F3N4O3S. The topological polar surface area (TPSA) is 80.0 Å². The Labute approximate surface area is 248 Å². The van der Waals surface area contributed by atoms with E-state index in [0.29, 0.717) is 29.1 Å². The molecule has 5 rings (SSSR count). The average Bonchev–Trinajstić information content (AvgIpc) is 3.64. The third kappa shape index (κ3) is 6.52. The summed E-state index contributed by atoms with van der Waals surface area (Å²) in [4.78, 5) is 21.1. The highest BCUT2D eigenvalue weighted by atomic mass is 32.2. The van der Waals surface area contributed by atoms with Crippen molar-refractivity contribution in [1.29, 1.82) is 0 Å². The first-order valence-electron chi connectivity index (χ1n) is 14.3. The average molecular weight is 601 g/mol. The number of aliphatic imine (C=N–C) groups is 1. The largest absolute Gasteiger partial charge is 0.522 e. The van der Waals surface area contributed by atoms with Crippen LogP contribution in [0.5, 0.6) is 0 Å². The first kappa shape index (κ1) is 30.2. The molecule has 1 aliphatic carbocycles. The molecule has 0 bridgehead atoms. The number of nitrogens with zero attached hydrogens (tertiary/aromatic N) is 3. The predicted molar refractivity (Wildman–Crippen MR) is 157 cm³/mol. The molecule has 1 N–H and O–H groups in total. The molecule has 1 spiro atoms. The van der Waals surface area contributed by atoms with E-state index in [1.807, 2.05) is 50.2 Å². The normalized spacial score (nSPS) is 16.5. The molecule has 2 aliphatic rings. The molecule has 2 aromatic carbocycles. The van der Waals surface area contributed by atoms with Crippen LogP contribution in [0.3, 0.4) is 0 Å². The van der Waals surface area contributed by atoms with E-state index in [9.17, 15) is 18.0 Å². The number of aromatic nitrogens is 1. The molecule has 7 nitrogen and oxygen atoms in total. The van der Waals surface area contributed by atoms with Crippen molar-refractivity contribution in [2.75, 3.05) is 4.72 Å². The smallest absolute Gasteiger partial charge is 0.359 e. The van der Waals surface area contributed by atoms with Crippen LogP contribution in [0.15, 0.2) is 56.9 Å². The van der Waals surface area contributed by atoms with Crippen LogP contribution >= 0.6 is 11.9 Å². The van der Waals surface area contributed by atoms with E-state index in [4.69, 9.17) is 9.52 Å². The van der Waals surface area contributed by atoms with Crippen LogP contribution in [-0.4, -0.2) is 33.7 Å². The van der Waals surface area contributed by atoms with Crippen LogP contribution < -0.4 is 4.72 Å². The number of amidine groups is 1. The lowest BCUT2D eigenvalue weighted by atomic mass is 9.96. The maximum atomic E-state index is 13.6. The predicted octanol–water partition coefficient (Wildman–Crippen LogP) is 8.36. The number of aryl methyl sites for hydroxylation is 1. The molecule has 224 valence electrons. The second-order valence-corrected chi connectivity index (χ2v) is 11.7. The zero-order chi connectivity index (χ0) is 29.9. The number of nitrogens with one attached hydrogen (secondary N) is 1. The molecule has 2 heterocycles. The second-order valence-electron chi connectivity index (χ2n) is 10.9. The Kier molecular flexibility index (Phi) is 8.98. The second kappa shape index (κ2) is 12.5. The molecule has 0 unspecified atom stereocenters. The number of unbranched alkanes of at least 4 members (excludes halogenated alkanes) is 1. The first-order valence-corrected chi connectivity index (χ1v) is 15.1. The quantitative estimate of drug-likeness (QED) is 0.223. The van der Waals surface area contributed by atoms with Crippen LogP contribution in [0.25, 0.3) is 11.1 Å². The molecule has 1 saturated carbocycles. The first-order chi connectivity index (χ1) is 20.1. The third-order valence-electron chi connectivity index (χ3n) is 7.98. The highest BCUT2D eigenvalue weighted by Gasteiger charge is 2.49. The Morgan fingerprint density at radius 3 is 2.57 bits per heavy atom. The molecule has 11 heteroatoms. The van der Waals surface area contributed by atoms with Gasteiger partial charge in [-0.05, 0) is 73.4 Å². The Balaban J connectivity index is 1.45. The minimum Gasteiger partial charge on any atom is -0.359 e. The van der Waals surface area contributed by atoms with Gasteiger partial charge in [0, 0.05) is 16.9 Å². The standard InChI is InChI=1S/C31H35F3N4O3S/c1-4-5-12-27-35-30(15-8-9-16-30)29(39)38(27)18-22-13-14-24(23(17-22)19-40-31(32,33)34)25-10-6-7-11-26(25)42-37-28-20(2)21(3)41-36-28/h6-7,10-11,13-14,17H,4-5,8-9,12,15-16,18-19H2,1-3H3,(H,36,37). The summed E-state index contributed by atoms with van der Waals surface area (Å²) in [5.74, 6) is 2.08. The molecule has 1 amide bonds. The van der Waals surface area contributed by atoms with E-state index in [1.165, 1.54) is 11.9 Å². The van der Waals surface area contributed by atoms with Gasteiger partial charge in [0.2, 0.25) is 0 Å². The molecule has 1 fully saturated rings. The van der Waals surface area contributed by atoms with Crippen molar-refractivity contribution in [2.24, 2.45) is 4.99 Å². The maximum absolute atomic E-state index is 13.6. The Bertz CT molecular complexity index is 1460. The highest BCUT2D eigenvalue weighted by Crippen LogP contribution is 2.41. The van der Waals surface area contributed by atoms with Crippen molar-refractivity contribution in [3.63, 3.8) is 0 Å². The van der Waals surface area contributed by atoms with E-state index < -0.39 is 18.5 Å². The number of rotatable bonds is 11. The summed E-state index contributed by atoms with van der Waals surface area (Å²) < 4.78 is 52.3. The molecule has 3 aromatic rings. The summed E-state index contributed by atoms with van der Waals surface area (Å²) in [6.45, 7) is 5.41. The van der Waals surface area contributed by atoms with E-state index in [1.54, 1.807) is 11.0 Å². The summed E-state index contributed by atoms with van der Waals surface area (Å²) in [6.07, 6.45) is 1.25. The Hall–Kier alpha value is -3.31. The van der Waals surface area contributed by atoms with Crippen molar-refractivity contribution in [2.45, 2.75) is 95.7 Å². The van der Waals surface area contributed by atoms with Gasteiger partial charge in [-0.25, -0.2) is 0 Å². The number of amides is 1. The fraction of sp³-hybridized carbons (Fsp3) is 0.452. The summed E-state index contributed by atoms with van der Waals surface area (Å²) in [5, 5.41) is 4.03. The Morgan fingerprint density at radius 1 is 1.12 bits per heavy atom. The van der Waals surface area contributed by atoms with E-state index in [-0.39, 0.29) is 12.5 Å². The van der Waals surface area contributed by atoms with Gasteiger partial charge < -0.3 is 9.25 Å². The van der Waals surface area contributed by atoms with Crippen LogP contribution in [0.2, 0.25) is 0 Å². The summed E-state index contributed by atoms with van der Waals surface area (Å²) in [5.41, 5.74) is 2.66. The van der Waals surface area contributed by atoms with Gasteiger partial charge in [-0.2, -0.15) is 0 Å². The maximum Gasteiger partial charge on any atom is 0.522 e. The van der Waals surface area contributed by atoms with Crippen molar-refractivity contribution < 1.29 is 27.2 Å². The lowest BCUT2D eigenvalue weighted by molar-refractivity contribution is -0.330. The fourth-order valence-electron chi connectivity index (χ4n) is 5.56. The number of anilines is 1. The van der Waals surface area contributed by atoms with Gasteiger partial charge in [0.1, 0.15) is 17.1 Å². The van der Waals surface area contributed by atoms with Crippen LogP contribution in [0.1, 0.15) is 74.3 Å². The van der Waals surface area contributed by atoms with Gasteiger partial charge in [-0.1, -0.05) is 67.7 Å². The molecule has 0 saturated heterocycles.